The molecule has 144 valence electrons. The minimum absolute atomic E-state index is 0.408. The van der Waals surface area contributed by atoms with Gasteiger partial charge in [0.15, 0.2) is 0 Å². The Morgan fingerprint density at radius 2 is 1.67 bits per heavy atom. The van der Waals surface area contributed by atoms with Crippen molar-refractivity contribution in [2.75, 3.05) is 11.1 Å². The zero-order valence-corrected chi connectivity index (χ0v) is 15.5. The highest BCUT2D eigenvalue weighted by Gasteiger charge is 2.52. The molecule has 0 atom stereocenters. The van der Waals surface area contributed by atoms with Crippen molar-refractivity contribution in [2.24, 2.45) is 0 Å². The molecular formula is C18H21BF3N3O2. The van der Waals surface area contributed by atoms with Crippen LogP contribution in [0.1, 0.15) is 33.4 Å². The lowest BCUT2D eigenvalue weighted by molar-refractivity contribution is -0.141. The predicted octanol–water partition coefficient (Wildman–Crippen LogP) is 3.73. The number of anilines is 3. The van der Waals surface area contributed by atoms with E-state index in [-0.39, 0.29) is 0 Å². The smallest absolute Gasteiger partial charge is 0.399 e. The van der Waals surface area contributed by atoms with Crippen molar-refractivity contribution in [3.63, 3.8) is 0 Å². The highest BCUT2D eigenvalue weighted by molar-refractivity contribution is 6.64. The number of pyridine rings is 1. The van der Waals surface area contributed by atoms with Crippen molar-refractivity contribution < 1.29 is 22.5 Å². The Bertz CT molecular complexity index is 823. The first-order chi connectivity index (χ1) is 12.4. The number of nitrogens with two attached hydrogens (primary N) is 1. The van der Waals surface area contributed by atoms with Gasteiger partial charge in [0.1, 0.15) is 5.69 Å². The van der Waals surface area contributed by atoms with Gasteiger partial charge in [-0.25, -0.2) is 4.98 Å². The van der Waals surface area contributed by atoms with Gasteiger partial charge in [-0.15, -0.1) is 0 Å². The molecule has 0 radical (unpaired) electrons. The number of hydrogen-bond donors (Lipinski definition) is 2. The Morgan fingerprint density at radius 1 is 1.04 bits per heavy atom. The SMILES string of the molecule is CC1(C)OB(c2cc(N)ccc2Nc2ccc(C(F)(F)F)nc2)OC1(C)C. The van der Waals surface area contributed by atoms with E-state index in [1.165, 1.54) is 6.07 Å². The van der Waals surface area contributed by atoms with E-state index in [0.29, 0.717) is 22.5 Å². The first kappa shape index (κ1) is 19.5. The van der Waals surface area contributed by atoms with Gasteiger partial charge in [0.25, 0.3) is 0 Å². The van der Waals surface area contributed by atoms with Crippen LogP contribution in [0.2, 0.25) is 0 Å². The van der Waals surface area contributed by atoms with Crippen LogP contribution in [0.3, 0.4) is 0 Å². The number of rotatable bonds is 3. The molecule has 1 saturated heterocycles. The molecule has 2 heterocycles. The van der Waals surface area contributed by atoms with Gasteiger partial charge in [-0.2, -0.15) is 13.2 Å². The second-order valence-electron chi connectivity index (χ2n) is 7.49. The fourth-order valence-electron chi connectivity index (χ4n) is 2.65. The largest absolute Gasteiger partial charge is 0.497 e. The molecule has 2 aromatic rings. The molecule has 0 unspecified atom stereocenters. The molecule has 3 N–H and O–H groups in total. The number of halogens is 3. The fourth-order valence-corrected chi connectivity index (χ4v) is 2.65. The van der Waals surface area contributed by atoms with E-state index in [4.69, 9.17) is 15.0 Å². The van der Waals surface area contributed by atoms with Crippen LogP contribution in [0.15, 0.2) is 36.5 Å². The second-order valence-corrected chi connectivity index (χ2v) is 7.49. The zero-order chi connectivity index (χ0) is 20.0. The zero-order valence-electron chi connectivity index (χ0n) is 15.5. The number of nitrogen functional groups attached to an aromatic ring is 1. The molecule has 27 heavy (non-hydrogen) atoms. The molecule has 1 fully saturated rings. The standard InChI is InChI=1S/C18H21BF3N3O2/c1-16(2)17(3,4)27-19(26-16)13-9-11(23)5-7-14(13)25-12-6-8-15(24-10-12)18(20,21)22/h5-10,25H,23H2,1-4H3. The minimum atomic E-state index is -4.48. The highest BCUT2D eigenvalue weighted by Crippen LogP contribution is 2.37. The Balaban J connectivity index is 1.89. The molecule has 1 aromatic carbocycles. The monoisotopic (exact) mass is 379 g/mol. The van der Waals surface area contributed by atoms with Crippen molar-refractivity contribution >= 4 is 29.6 Å². The van der Waals surface area contributed by atoms with Crippen molar-refractivity contribution in [2.45, 2.75) is 45.1 Å². The van der Waals surface area contributed by atoms with Crippen LogP contribution in [0.25, 0.3) is 0 Å². The summed E-state index contributed by atoms with van der Waals surface area (Å²) < 4.78 is 50.2. The summed E-state index contributed by atoms with van der Waals surface area (Å²) in [5.74, 6) is 0. The lowest BCUT2D eigenvalue weighted by atomic mass is 9.77. The molecule has 1 aliphatic heterocycles. The number of benzene rings is 1. The number of aromatic nitrogens is 1. The first-order valence-electron chi connectivity index (χ1n) is 8.44. The summed E-state index contributed by atoms with van der Waals surface area (Å²) in [7, 11) is -0.664. The van der Waals surface area contributed by atoms with Crippen molar-refractivity contribution in [1.29, 1.82) is 0 Å². The van der Waals surface area contributed by atoms with E-state index in [1.807, 2.05) is 27.7 Å². The molecule has 5 nitrogen and oxygen atoms in total. The summed E-state index contributed by atoms with van der Waals surface area (Å²) >= 11 is 0. The van der Waals surface area contributed by atoms with E-state index in [1.54, 1.807) is 18.2 Å². The summed E-state index contributed by atoms with van der Waals surface area (Å²) in [5, 5.41) is 3.06. The number of nitrogens with zero attached hydrogens (tertiary/aromatic N) is 1. The van der Waals surface area contributed by atoms with Gasteiger partial charge in [0.05, 0.1) is 23.1 Å². The average Bonchev–Trinajstić information content (AvgIpc) is 2.77. The second kappa shape index (κ2) is 6.42. The molecule has 9 heteroatoms. The molecule has 0 aliphatic carbocycles. The van der Waals surface area contributed by atoms with E-state index >= 15 is 0 Å². The number of nitrogens with one attached hydrogen (secondary N) is 1. The van der Waals surface area contributed by atoms with Gasteiger partial charge in [0.2, 0.25) is 0 Å². The van der Waals surface area contributed by atoms with Gasteiger partial charge >= 0.3 is 13.3 Å². The summed E-state index contributed by atoms with van der Waals surface area (Å²) in [6, 6.07) is 7.39. The summed E-state index contributed by atoms with van der Waals surface area (Å²) in [6.07, 6.45) is -3.35. The van der Waals surface area contributed by atoms with Gasteiger partial charge in [-0.1, -0.05) is 0 Å². The molecule has 0 bridgehead atoms. The van der Waals surface area contributed by atoms with E-state index in [0.717, 1.165) is 12.3 Å². The normalized spacial score (nSPS) is 18.6. The quantitative estimate of drug-likeness (QED) is 0.629. The maximum Gasteiger partial charge on any atom is 0.497 e. The summed E-state index contributed by atoms with van der Waals surface area (Å²) in [6.45, 7) is 7.75. The first-order valence-corrected chi connectivity index (χ1v) is 8.44. The summed E-state index contributed by atoms with van der Waals surface area (Å²) in [4.78, 5) is 3.46. The lowest BCUT2D eigenvalue weighted by Gasteiger charge is -2.32. The third-order valence-corrected chi connectivity index (χ3v) is 4.92. The average molecular weight is 379 g/mol. The molecule has 1 aliphatic rings. The minimum Gasteiger partial charge on any atom is -0.399 e. The number of hydrogen-bond acceptors (Lipinski definition) is 5. The molecule has 0 amide bonds. The molecule has 0 spiro atoms. The Morgan fingerprint density at radius 3 is 2.19 bits per heavy atom. The van der Waals surface area contributed by atoms with E-state index < -0.39 is 30.2 Å². The number of alkyl halides is 3. The van der Waals surface area contributed by atoms with Gasteiger partial charge in [-0.05, 0) is 58.0 Å². The van der Waals surface area contributed by atoms with Crippen LogP contribution in [-0.4, -0.2) is 23.3 Å². The molecular weight excluding hydrogens is 358 g/mol. The van der Waals surface area contributed by atoms with E-state index in [9.17, 15) is 13.2 Å². The molecule has 1 aromatic heterocycles. The van der Waals surface area contributed by atoms with Crippen LogP contribution < -0.4 is 16.5 Å². The van der Waals surface area contributed by atoms with Gasteiger partial charge < -0.3 is 20.4 Å². The van der Waals surface area contributed by atoms with Crippen LogP contribution in [-0.2, 0) is 15.5 Å². The van der Waals surface area contributed by atoms with Crippen LogP contribution in [0.5, 0.6) is 0 Å². The van der Waals surface area contributed by atoms with Crippen molar-refractivity contribution in [3.05, 3.63) is 42.2 Å². The third kappa shape index (κ3) is 3.89. The lowest BCUT2D eigenvalue weighted by Crippen LogP contribution is -2.41. The topological polar surface area (TPSA) is 69.4 Å². The maximum atomic E-state index is 12.7. The third-order valence-electron chi connectivity index (χ3n) is 4.92. The predicted molar refractivity (Wildman–Crippen MR) is 99.1 cm³/mol. The highest BCUT2D eigenvalue weighted by atomic mass is 19.4. The van der Waals surface area contributed by atoms with Crippen molar-refractivity contribution in [1.82, 2.24) is 4.98 Å². The van der Waals surface area contributed by atoms with Gasteiger partial charge in [0, 0.05) is 16.8 Å². The molecule has 0 saturated carbocycles. The van der Waals surface area contributed by atoms with E-state index in [2.05, 4.69) is 10.3 Å². The fraction of sp³-hybridized carbons (Fsp3) is 0.389. The Labute approximate surface area is 156 Å². The Hall–Kier alpha value is -2.26. The van der Waals surface area contributed by atoms with Crippen LogP contribution >= 0.6 is 0 Å². The van der Waals surface area contributed by atoms with Crippen LogP contribution in [0, 0.1) is 0 Å². The van der Waals surface area contributed by atoms with Gasteiger partial charge in [-0.3, -0.25) is 0 Å². The maximum absolute atomic E-state index is 12.7. The van der Waals surface area contributed by atoms with Crippen molar-refractivity contribution in [3.8, 4) is 0 Å². The van der Waals surface area contributed by atoms with Crippen LogP contribution in [0.4, 0.5) is 30.2 Å². The Kier molecular flexibility index (Phi) is 4.64. The molecule has 3 rings (SSSR count). The summed E-state index contributed by atoms with van der Waals surface area (Å²) in [5.41, 5.74) is 6.11.